The molecule has 1 rings (SSSR count). The highest BCUT2D eigenvalue weighted by Gasteiger charge is 2.20. The standard InChI is InChI=1S/C15H26N4O/c1-15(2,3)18-14(20)9-13(10-16)19(4)11-12-5-7-17-8-6-12/h5-8,13H,9-11,16H2,1-4H3,(H,18,20). The van der Waals surface area contributed by atoms with Crippen molar-refractivity contribution in [2.45, 2.75) is 45.3 Å². The van der Waals surface area contributed by atoms with Crippen LogP contribution < -0.4 is 11.1 Å². The molecule has 0 aromatic carbocycles. The van der Waals surface area contributed by atoms with Gasteiger partial charge in [-0.2, -0.15) is 0 Å². The van der Waals surface area contributed by atoms with Gasteiger partial charge in [0.15, 0.2) is 0 Å². The molecule has 112 valence electrons. The van der Waals surface area contributed by atoms with Crippen molar-refractivity contribution in [1.29, 1.82) is 0 Å². The number of hydrogen-bond acceptors (Lipinski definition) is 4. The van der Waals surface area contributed by atoms with Gasteiger partial charge in [-0.15, -0.1) is 0 Å². The van der Waals surface area contributed by atoms with Crippen LogP contribution in [0.5, 0.6) is 0 Å². The third kappa shape index (κ3) is 6.12. The van der Waals surface area contributed by atoms with Crippen molar-refractivity contribution in [2.75, 3.05) is 13.6 Å². The summed E-state index contributed by atoms with van der Waals surface area (Å²) in [6, 6.07) is 3.98. The van der Waals surface area contributed by atoms with E-state index in [4.69, 9.17) is 5.73 Å². The van der Waals surface area contributed by atoms with E-state index in [0.29, 0.717) is 13.0 Å². The third-order valence-electron chi connectivity index (χ3n) is 3.01. The van der Waals surface area contributed by atoms with Crippen molar-refractivity contribution in [1.82, 2.24) is 15.2 Å². The van der Waals surface area contributed by atoms with Gasteiger partial charge in [0.2, 0.25) is 5.91 Å². The van der Waals surface area contributed by atoms with E-state index in [1.54, 1.807) is 12.4 Å². The molecule has 20 heavy (non-hydrogen) atoms. The molecule has 1 heterocycles. The number of nitrogens with zero attached hydrogens (tertiary/aromatic N) is 2. The largest absolute Gasteiger partial charge is 0.351 e. The molecule has 5 heteroatoms. The molecule has 0 aliphatic rings. The van der Waals surface area contributed by atoms with Crippen LogP contribution in [0.15, 0.2) is 24.5 Å². The molecule has 5 nitrogen and oxygen atoms in total. The quantitative estimate of drug-likeness (QED) is 0.819. The smallest absolute Gasteiger partial charge is 0.222 e. The fraction of sp³-hybridized carbons (Fsp3) is 0.600. The molecule has 0 radical (unpaired) electrons. The summed E-state index contributed by atoms with van der Waals surface area (Å²) in [5.74, 6) is 0.0366. The van der Waals surface area contributed by atoms with Crippen LogP contribution in [0.1, 0.15) is 32.8 Å². The Balaban J connectivity index is 2.55. The highest BCUT2D eigenvalue weighted by Crippen LogP contribution is 2.08. The molecule has 0 fully saturated rings. The zero-order valence-corrected chi connectivity index (χ0v) is 12.9. The Labute approximate surface area is 121 Å². The van der Waals surface area contributed by atoms with Crippen LogP contribution in [0, 0.1) is 0 Å². The predicted molar refractivity (Wildman–Crippen MR) is 81.1 cm³/mol. The summed E-state index contributed by atoms with van der Waals surface area (Å²) < 4.78 is 0. The fourth-order valence-corrected chi connectivity index (χ4v) is 2.01. The number of carbonyl (C=O) groups excluding carboxylic acids is 1. The molecule has 1 unspecified atom stereocenters. The average Bonchev–Trinajstić information content (AvgIpc) is 2.35. The van der Waals surface area contributed by atoms with Gasteiger partial charge in [0, 0.05) is 43.5 Å². The molecule has 0 saturated heterocycles. The molecular formula is C15H26N4O. The van der Waals surface area contributed by atoms with Gasteiger partial charge in [-0.3, -0.25) is 14.7 Å². The lowest BCUT2D eigenvalue weighted by molar-refractivity contribution is -0.123. The van der Waals surface area contributed by atoms with E-state index in [0.717, 1.165) is 12.1 Å². The van der Waals surface area contributed by atoms with Gasteiger partial charge in [-0.05, 0) is 45.5 Å². The number of nitrogens with two attached hydrogens (primary N) is 1. The number of hydrogen-bond donors (Lipinski definition) is 2. The number of nitrogens with one attached hydrogen (secondary N) is 1. The second-order valence-electron chi connectivity index (χ2n) is 6.16. The lowest BCUT2D eigenvalue weighted by Crippen LogP contribution is -2.46. The Bertz CT molecular complexity index is 414. The average molecular weight is 278 g/mol. The first-order valence-electron chi connectivity index (χ1n) is 6.92. The van der Waals surface area contributed by atoms with E-state index in [1.807, 2.05) is 40.0 Å². The van der Waals surface area contributed by atoms with E-state index in [2.05, 4.69) is 15.2 Å². The summed E-state index contributed by atoms with van der Waals surface area (Å²) in [6.45, 7) is 7.14. The van der Waals surface area contributed by atoms with Crippen molar-refractivity contribution < 1.29 is 4.79 Å². The zero-order valence-electron chi connectivity index (χ0n) is 12.9. The van der Waals surface area contributed by atoms with Crippen LogP contribution in [0.25, 0.3) is 0 Å². The second kappa shape index (κ2) is 7.36. The molecule has 0 bridgehead atoms. The number of amides is 1. The molecule has 0 saturated carbocycles. The Morgan fingerprint density at radius 3 is 2.50 bits per heavy atom. The molecule has 1 aromatic heterocycles. The van der Waals surface area contributed by atoms with Crippen molar-refractivity contribution >= 4 is 5.91 Å². The van der Waals surface area contributed by atoms with E-state index >= 15 is 0 Å². The van der Waals surface area contributed by atoms with Gasteiger partial charge in [-0.25, -0.2) is 0 Å². The Morgan fingerprint density at radius 2 is 2.00 bits per heavy atom. The highest BCUT2D eigenvalue weighted by molar-refractivity contribution is 5.77. The Hall–Kier alpha value is -1.46. The zero-order chi connectivity index (χ0) is 15.2. The van der Waals surface area contributed by atoms with Crippen LogP contribution >= 0.6 is 0 Å². The van der Waals surface area contributed by atoms with Gasteiger partial charge in [0.25, 0.3) is 0 Å². The summed E-state index contributed by atoms with van der Waals surface area (Å²) in [4.78, 5) is 18.1. The summed E-state index contributed by atoms with van der Waals surface area (Å²) in [7, 11) is 1.99. The van der Waals surface area contributed by atoms with Crippen LogP contribution in [0.3, 0.4) is 0 Å². The topological polar surface area (TPSA) is 71.2 Å². The minimum Gasteiger partial charge on any atom is -0.351 e. The van der Waals surface area contributed by atoms with Gasteiger partial charge >= 0.3 is 0 Å². The SMILES string of the molecule is CN(Cc1ccncc1)C(CN)CC(=O)NC(C)(C)C. The first kappa shape index (κ1) is 16.6. The lowest BCUT2D eigenvalue weighted by atomic mass is 10.1. The van der Waals surface area contributed by atoms with E-state index in [-0.39, 0.29) is 17.5 Å². The molecule has 1 amide bonds. The lowest BCUT2D eigenvalue weighted by Gasteiger charge is -2.28. The van der Waals surface area contributed by atoms with Gasteiger partial charge in [-0.1, -0.05) is 0 Å². The number of pyridine rings is 1. The first-order valence-corrected chi connectivity index (χ1v) is 6.92. The fourth-order valence-electron chi connectivity index (χ4n) is 2.01. The summed E-state index contributed by atoms with van der Waals surface area (Å²) in [6.07, 6.45) is 3.95. The third-order valence-corrected chi connectivity index (χ3v) is 3.01. The number of carbonyl (C=O) groups is 1. The van der Waals surface area contributed by atoms with Crippen molar-refractivity contribution in [3.8, 4) is 0 Å². The maximum Gasteiger partial charge on any atom is 0.222 e. The number of rotatable bonds is 6. The summed E-state index contributed by atoms with van der Waals surface area (Å²) >= 11 is 0. The van der Waals surface area contributed by atoms with Crippen LogP contribution in [-0.4, -0.2) is 41.0 Å². The monoisotopic (exact) mass is 278 g/mol. The molecule has 3 N–H and O–H groups in total. The normalized spacial score (nSPS) is 13.3. The predicted octanol–water partition coefficient (Wildman–Crippen LogP) is 1.15. The maximum atomic E-state index is 12.0. The molecule has 0 aliphatic heterocycles. The Morgan fingerprint density at radius 1 is 1.40 bits per heavy atom. The first-order chi connectivity index (χ1) is 9.31. The van der Waals surface area contributed by atoms with Crippen LogP contribution in [0.4, 0.5) is 0 Å². The van der Waals surface area contributed by atoms with Crippen molar-refractivity contribution in [3.63, 3.8) is 0 Å². The van der Waals surface area contributed by atoms with Crippen molar-refractivity contribution in [2.24, 2.45) is 5.73 Å². The maximum absolute atomic E-state index is 12.0. The van der Waals surface area contributed by atoms with E-state index < -0.39 is 0 Å². The number of aromatic nitrogens is 1. The number of likely N-dealkylation sites (N-methyl/N-ethyl adjacent to an activating group) is 1. The molecular weight excluding hydrogens is 252 g/mol. The molecule has 0 aliphatic carbocycles. The van der Waals surface area contributed by atoms with Gasteiger partial charge < -0.3 is 11.1 Å². The van der Waals surface area contributed by atoms with Crippen molar-refractivity contribution in [3.05, 3.63) is 30.1 Å². The van der Waals surface area contributed by atoms with Gasteiger partial charge in [0.05, 0.1) is 0 Å². The second-order valence-corrected chi connectivity index (χ2v) is 6.16. The molecule has 0 spiro atoms. The summed E-state index contributed by atoms with van der Waals surface area (Å²) in [5.41, 5.74) is 6.76. The molecule has 1 aromatic rings. The molecule has 1 atom stereocenters. The van der Waals surface area contributed by atoms with Gasteiger partial charge in [0.1, 0.15) is 0 Å². The van der Waals surface area contributed by atoms with E-state index in [1.165, 1.54) is 0 Å². The van der Waals surface area contributed by atoms with Crippen LogP contribution in [0.2, 0.25) is 0 Å². The van der Waals surface area contributed by atoms with E-state index in [9.17, 15) is 4.79 Å². The summed E-state index contributed by atoms with van der Waals surface area (Å²) in [5, 5.41) is 2.97. The Kier molecular flexibility index (Phi) is 6.10. The van der Waals surface area contributed by atoms with Crippen LogP contribution in [-0.2, 0) is 11.3 Å². The minimum absolute atomic E-state index is 0.0329. The minimum atomic E-state index is -0.208. The highest BCUT2D eigenvalue weighted by atomic mass is 16.1.